The first-order valence-electron chi connectivity index (χ1n) is 6.72. The van der Waals surface area contributed by atoms with Gasteiger partial charge in [-0.2, -0.15) is 4.31 Å². The second-order valence-electron chi connectivity index (χ2n) is 5.14. The number of amides is 1. The molecule has 0 aliphatic carbocycles. The van der Waals surface area contributed by atoms with Gasteiger partial charge in [0.05, 0.1) is 13.4 Å². The standard InChI is InChI=1S/C14H20N2O4S/c1-11-4-5-12(10-13(11)20-2)14(17)15-6-8-16(9-7-15)21(3,18)19/h4-5,10H,6-9H2,1-3H3. The SMILES string of the molecule is COc1cc(C(=O)N2CCN(S(C)(=O)=O)CC2)ccc1C. The second kappa shape index (κ2) is 6.03. The van der Waals surface area contributed by atoms with Crippen LogP contribution in [0, 0.1) is 6.92 Å². The number of carbonyl (C=O) groups is 1. The Morgan fingerprint density at radius 3 is 2.33 bits per heavy atom. The highest BCUT2D eigenvalue weighted by atomic mass is 32.2. The predicted octanol–water partition coefficient (Wildman–Crippen LogP) is 0.721. The molecule has 1 amide bonds. The fraction of sp³-hybridized carbons (Fsp3) is 0.500. The number of hydrogen-bond acceptors (Lipinski definition) is 4. The van der Waals surface area contributed by atoms with Crippen LogP contribution in [0.5, 0.6) is 5.75 Å². The third kappa shape index (κ3) is 3.54. The molecule has 1 heterocycles. The van der Waals surface area contributed by atoms with Gasteiger partial charge in [0, 0.05) is 31.7 Å². The molecule has 0 radical (unpaired) electrons. The molecule has 2 rings (SSSR count). The molecule has 0 unspecified atom stereocenters. The van der Waals surface area contributed by atoms with Gasteiger partial charge < -0.3 is 9.64 Å². The number of carbonyl (C=O) groups excluding carboxylic acids is 1. The molecule has 7 heteroatoms. The summed E-state index contributed by atoms with van der Waals surface area (Å²) in [6.07, 6.45) is 1.19. The topological polar surface area (TPSA) is 66.9 Å². The Hall–Kier alpha value is -1.60. The number of rotatable bonds is 3. The van der Waals surface area contributed by atoms with E-state index in [0.717, 1.165) is 5.56 Å². The lowest BCUT2D eigenvalue weighted by atomic mass is 10.1. The Morgan fingerprint density at radius 2 is 1.81 bits per heavy atom. The van der Waals surface area contributed by atoms with E-state index in [1.165, 1.54) is 10.6 Å². The van der Waals surface area contributed by atoms with Gasteiger partial charge in [0.2, 0.25) is 10.0 Å². The lowest BCUT2D eigenvalue weighted by molar-refractivity contribution is 0.0698. The van der Waals surface area contributed by atoms with Gasteiger partial charge in [-0.3, -0.25) is 4.79 Å². The van der Waals surface area contributed by atoms with Gasteiger partial charge in [0.1, 0.15) is 5.75 Å². The van der Waals surface area contributed by atoms with Crippen LogP contribution in [0.2, 0.25) is 0 Å². The van der Waals surface area contributed by atoms with Crippen molar-refractivity contribution < 1.29 is 17.9 Å². The molecule has 0 bridgehead atoms. The van der Waals surface area contributed by atoms with Crippen molar-refractivity contribution in [2.45, 2.75) is 6.92 Å². The van der Waals surface area contributed by atoms with E-state index in [2.05, 4.69) is 0 Å². The maximum Gasteiger partial charge on any atom is 0.254 e. The summed E-state index contributed by atoms with van der Waals surface area (Å²) < 4.78 is 29.5. The number of ether oxygens (including phenoxy) is 1. The van der Waals surface area contributed by atoms with Gasteiger partial charge in [-0.05, 0) is 24.6 Å². The van der Waals surface area contributed by atoms with Crippen LogP contribution in [0.1, 0.15) is 15.9 Å². The molecule has 1 aliphatic heterocycles. The van der Waals surface area contributed by atoms with Crippen molar-refractivity contribution in [3.05, 3.63) is 29.3 Å². The van der Waals surface area contributed by atoms with Crippen molar-refractivity contribution in [3.63, 3.8) is 0 Å². The molecule has 0 aromatic heterocycles. The number of hydrogen-bond donors (Lipinski definition) is 0. The lowest BCUT2D eigenvalue weighted by Crippen LogP contribution is -2.50. The van der Waals surface area contributed by atoms with Crippen LogP contribution in [0.15, 0.2) is 18.2 Å². The van der Waals surface area contributed by atoms with Gasteiger partial charge in [-0.1, -0.05) is 6.07 Å². The zero-order chi connectivity index (χ0) is 15.6. The third-order valence-corrected chi connectivity index (χ3v) is 4.95. The molecule has 1 aliphatic rings. The first kappa shape index (κ1) is 15.8. The van der Waals surface area contributed by atoms with Gasteiger partial charge in [0.25, 0.3) is 5.91 Å². The molecule has 6 nitrogen and oxygen atoms in total. The van der Waals surface area contributed by atoms with Crippen molar-refractivity contribution >= 4 is 15.9 Å². The van der Waals surface area contributed by atoms with Crippen LogP contribution >= 0.6 is 0 Å². The maximum absolute atomic E-state index is 12.4. The quantitative estimate of drug-likeness (QED) is 0.825. The molecule has 1 aromatic rings. The zero-order valence-corrected chi connectivity index (χ0v) is 13.3. The minimum atomic E-state index is -3.18. The van der Waals surface area contributed by atoms with Crippen molar-refractivity contribution in [2.24, 2.45) is 0 Å². The zero-order valence-electron chi connectivity index (χ0n) is 12.5. The van der Waals surface area contributed by atoms with Crippen LogP contribution < -0.4 is 4.74 Å². The largest absolute Gasteiger partial charge is 0.496 e. The molecule has 1 fully saturated rings. The summed E-state index contributed by atoms with van der Waals surface area (Å²) in [6, 6.07) is 5.34. The number of methoxy groups -OCH3 is 1. The number of nitrogens with zero attached hydrogens (tertiary/aromatic N) is 2. The minimum absolute atomic E-state index is 0.0959. The van der Waals surface area contributed by atoms with E-state index in [1.54, 1.807) is 24.1 Å². The van der Waals surface area contributed by atoms with Crippen molar-refractivity contribution in [1.82, 2.24) is 9.21 Å². The van der Waals surface area contributed by atoms with Crippen LogP contribution in [0.3, 0.4) is 0 Å². The molecule has 116 valence electrons. The molecule has 1 saturated heterocycles. The number of sulfonamides is 1. The average molecular weight is 312 g/mol. The highest BCUT2D eigenvalue weighted by Gasteiger charge is 2.26. The molecule has 1 aromatic carbocycles. The van der Waals surface area contributed by atoms with E-state index in [-0.39, 0.29) is 5.91 Å². The van der Waals surface area contributed by atoms with Gasteiger partial charge in [-0.15, -0.1) is 0 Å². The molecule has 21 heavy (non-hydrogen) atoms. The molecule has 0 spiro atoms. The van der Waals surface area contributed by atoms with E-state index < -0.39 is 10.0 Å². The van der Waals surface area contributed by atoms with Crippen LogP contribution in [0.4, 0.5) is 0 Å². The summed E-state index contributed by atoms with van der Waals surface area (Å²) in [5, 5.41) is 0. The first-order chi connectivity index (χ1) is 9.82. The van der Waals surface area contributed by atoms with Gasteiger partial charge in [0.15, 0.2) is 0 Å². The summed E-state index contributed by atoms with van der Waals surface area (Å²) in [6.45, 7) is 3.41. The summed E-state index contributed by atoms with van der Waals surface area (Å²) in [5.41, 5.74) is 1.53. The van der Waals surface area contributed by atoms with Gasteiger partial charge in [-0.25, -0.2) is 8.42 Å². The van der Waals surface area contributed by atoms with E-state index in [4.69, 9.17) is 4.74 Å². The highest BCUT2D eigenvalue weighted by molar-refractivity contribution is 7.88. The first-order valence-corrected chi connectivity index (χ1v) is 8.57. The summed E-state index contributed by atoms with van der Waals surface area (Å²) in [7, 11) is -1.61. The summed E-state index contributed by atoms with van der Waals surface area (Å²) in [4.78, 5) is 14.1. The summed E-state index contributed by atoms with van der Waals surface area (Å²) >= 11 is 0. The Kier molecular flexibility index (Phi) is 4.53. The van der Waals surface area contributed by atoms with Crippen LogP contribution in [-0.4, -0.2) is 63.1 Å². The Balaban J connectivity index is 2.09. The van der Waals surface area contributed by atoms with Crippen molar-refractivity contribution in [1.29, 1.82) is 0 Å². The molecule has 0 atom stereocenters. The molecular formula is C14H20N2O4S. The second-order valence-corrected chi connectivity index (χ2v) is 7.12. The average Bonchev–Trinajstić information content (AvgIpc) is 2.46. The summed E-state index contributed by atoms with van der Waals surface area (Å²) in [5.74, 6) is 0.581. The van der Waals surface area contributed by atoms with E-state index in [9.17, 15) is 13.2 Å². The molecule has 0 saturated carbocycles. The fourth-order valence-electron chi connectivity index (χ4n) is 2.36. The van der Waals surface area contributed by atoms with Crippen molar-refractivity contribution in [3.8, 4) is 5.75 Å². The van der Waals surface area contributed by atoms with E-state index >= 15 is 0 Å². The fourth-order valence-corrected chi connectivity index (χ4v) is 3.19. The predicted molar refractivity (Wildman–Crippen MR) is 80.1 cm³/mol. The van der Waals surface area contributed by atoms with E-state index in [1.807, 2.05) is 13.0 Å². The lowest BCUT2D eigenvalue weighted by Gasteiger charge is -2.33. The van der Waals surface area contributed by atoms with Crippen LogP contribution in [-0.2, 0) is 10.0 Å². The smallest absolute Gasteiger partial charge is 0.254 e. The van der Waals surface area contributed by atoms with Crippen molar-refractivity contribution in [2.75, 3.05) is 39.5 Å². The number of piperazine rings is 1. The molecular weight excluding hydrogens is 292 g/mol. The normalized spacial score (nSPS) is 16.8. The number of aryl methyl sites for hydroxylation is 1. The number of benzene rings is 1. The third-order valence-electron chi connectivity index (χ3n) is 3.65. The molecule has 0 N–H and O–H groups in total. The highest BCUT2D eigenvalue weighted by Crippen LogP contribution is 2.20. The Morgan fingerprint density at radius 1 is 1.19 bits per heavy atom. The Bertz CT molecular complexity index is 634. The monoisotopic (exact) mass is 312 g/mol. The minimum Gasteiger partial charge on any atom is -0.496 e. The van der Waals surface area contributed by atoms with E-state index in [0.29, 0.717) is 37.5 Å². The van der Waals surface area contributed by atoms with Gasteiger partial charge >= 0.3 is 0 Å². The maximum atomic E-state index is 12.4. The van der Waals surface area contributed by atoms with Crippen LogP contribution in [0.25, 0.3) is 0 Å². The Labute approximate surface area is 125 Å².